The third-order valence-electron chi connectivity index (χ3n) is 10.4. The quantitative estimate of drug-likeness (QED) is 0.270. The van der Waals surface area contributed by atoms with Gasteiger partial charge in [-0.25, -0.2) is 28.5 Å². The average molecular weight is 705 g/mol. The first-order valence-corrected chi connectivity index (χ1v) is 17.2. The number of carboxylic acids is 1. The molecule has 0 saturated carbocycles. The molecule has 268 valence electrons. The predicted octanol–water partition coefficient (Wildman–Crippen LogP) is 3.62. The van der Waals surface area contributed by atoms with Gasteiger partial charge >= 0.3 is 5.97 Å². The Morgan fingerprint density at radius 3 is 2.71 bits per heavy atom. The van der Waals surface area contributed by atoms with Gasteiger partial charge in [0.25, 0.3) is 6.43 Å². The minimum Gasteiger partial charge on any atom is -0.480 e. The van der Waals surface area contributed by atoms with Crippen LogP contribution in [-0.2, 0) is 14.3 Å². The number of halogens is 2. The summed E-state index contributed by atoms with van der Waals surface area (Å²) in [7, 11) is 0. The van der Waals surface area contributed by atoms with Gasteiger partial charge in [0.05, 0.1) is 45.1 Å². The highest BCUT2D eigenvalue weighted by molar-refractivity contribution is 6.06. The van der Waals surface area contributed by atoms with Gasteiger partial charge in [0.15, 0.2) is 17.2 Å². The fraction of sp³-hybridized carbons (Fsp3) is 0.500. The Morgan fingerprint density at radius 1 is 1.16 bits per heavy atom. The maximum absolute atomic E-state index is 14.1. The number of hydrogen-bond donors (Lipinski definition) is 2. The van der Waals surface area contributed by atoms with Crippen molar-refractivity contribution in [3.05, 3.63) is 47.9 Å². The number of carboxylic acid groups (broad SMARTS) is 1. The number of pyridine rings is 1. The van der Waals surface area contributed by atoms with Crippen LogP contribution in [0.5, 0.6) is 5.88 Å². The number of aliphatic carboxylic acids is 1. The van der Waals surface area contributed by atoms with Gasteiger partial charge in [0.2, 0.25) is 5.88 Å². The van der Waals surface area contributed by atoms with Crippen LogP contribution in [0.25, 0.3) is 22.1 Å². The number of anilines is 2. The van der Waals surface area contributed by atoms with E-state index >= 15 is 0 Å². The lowest BCUT2D eigenvalue weighted by Crippen LogP contribution is -2.68. The Hall–Kier alpha value is -4.62. The van der Waals surface area contributed by atoms with Crippen LogP contribution in [0.2, 0.25) is 0 Å². The van der Waals surface area contributed by atoms with Crippen molar-refractivity contribution in [3.63, 3.8) is 0 Å². The van der Waals surface area contributed by atoms with E-state index < -0.39 is 36.0 Å². The molecule has 15 heteroatoms. The van der Waals surface area contributed by atoms with Gasteiger partial charge in [-0.15, -0.1) is 0 Å². The molecule has 4 aliphatic rings. The highest BCUT2D eigenvalue weighted by atomic mass is 19.3. The van der Waals surface area contributed by atoms with E-state index in [9.17, 15) is 23.8 Å². The number of ether oxygens (including phenoxy) is 3. The first-order valence-electron chi connectivity index (χ1n) is 17.2. The second-order valence-corrected chi connectivity index (χ2v) is 13.6. The van der Waals surface area contributed by atoms with Crippen LogP contribution in [0, 0.1) is 11.8 Å². The highest BCUT2D eigenvalue weighted by Crippen LogP contribution is 2.41. The van der Waals surface area contributed by atoms with Crippen LogP contribution in [0.15, 0.2) is 40.9 Å². The molecular weight excluding hydrogens is 666 g/mol. The van der Waals surface area contributed by atoms with Crippen LogP contribution >= 0.6 is 0 Å². The van der Waals surface area contributed by atoms with Gasteiger partial charge in [-0.1, -0.05) is 24.0 Å². The largest absolute Gasteiger partial charge is 0.480 e. The van der Waals surface area contributed by atoms with Crippen LogP contribution in [-0.4, -0.2) is 118 Å². The second-order valence-electron chi connectivity index (χ2n) is 13.6. The fourth-order valence-electron chi connectivity index (χ4n) is 7.43. The van der Waals surface area contributed by atoms with E-state index in [1.807, 2.05) is 6.07 Å². The zero-order chi connectivity index (χ0) is 35.3. The number of piperidine rings is 1. The van der Waals surface area contributed by atoms with Crippen molar-refractivity contribution in [2.24, 2.45) is 0 Å². The first kappa shape index (κ1) is 33.5. The van der Waals surface area contributed by atoms with Crippen molar-refractivity contribution < 1.29 is 42.4 Å². The molecule has 7 heterocycles. The number of aliphatic hydroxyl groups excluding tert-OH is 1. The molecule has 0 bridgehead atoms. The number of para-hydroxylation sites is 1. The van der Waals surface area contributed by atoms with Gasteiger partial charge in [-0.05, 0) is 38.0 Å². The smallest absolute Gasteiger partial charge is 0.326 e. The summed E-state index contributed by atoms with van der Waals surface area (Å²) in [6, 6.07) is 7.61. The molecule has 4 fully saturated rings. The normalized spacial score (nSPS) is 23.9. The number of fused-ring (bicyclic) bond motifs is 3. The number of hydrogen-bond acceptors (Lipinski definition) is 12. The minimum atomic E-state index is -2.99. The molecule has 3 atom stereocenters. The molecule has 8 rings (SSSR count). The molecule has 1 aromatic carbocycles. The third kappa shape index (κ3) is 6.31. The molecule has 51 heavy (non-hydrogen) atoms. The summed E-state index contributed by atoms with van der Waals surface area (Å²) in [4.78, 5) is 31.4. The Kier molecular flexibility index (Phi) is 8.87. The summed E-state index contributed by atoms with van der Waals surface area (Å²) >= 11 is 0. The van der Waals surface area contributed by atoms with E-state index in [1.165, 1.54) is 4.90 Å². The SMILES string of the molecule is C[C@@H]1N(c2cc(C#CCN3CCC(O)CC3)cnc2O[C@H]2C[C@@H](C(=O)O)N(c3nc(C(F)F)nc4c3oc3ccccc34)C2)CCOC12COC2. The number of aromatic nitrogens is 3. The van der Waals surface area contributed by atoms with Gasteiger partial charge in [-0.3, -0.25) is 4.90 Å². The van der Waals surface area contributed by atoms with Gasteiger partial charge in [0.1, 0.15) is 34.5 Å². The zero-order valence-corrected chi connectivity index (χ0v) is 28.0. The maximum atomic E-state index is 14.1. The zero-order valence-electron chi connectivity index (χ0n) is 28.0. The minimum absolute atomic E-state index is 0.0203. The number of carbonyl (C=O) groups is 1. The van der Waals surface area contributed by atoms with Crippen molar-refractivity contribution >= 4 is 39.5 Å². The molecule has 4 aromatic rings. The molecule has 4 saturated heterocycles. The lowest BCUT2D eigenvalue weighted by molar-refractivity contribution is -0.228. The van der Waals surface area contributed by atoms with Gasteiger partial charge < -0.3 is 38.6 Å². The number of furan rings is 1. The van der Waals surface area contributed by atoms with Gasteiger partial charge in [-0.2, -0.15) is 0 Å². The van der Waals surface area contributed by atoms with E-state index in [0.29, 0.717) is 61.0 Å². The number of likely N-dealkylation sites (tertiary alicyclic amines) is 1. The molecule has 0 amide bonds. The molecule has 1 spiro atoms. The van der Waals surface area contributed by atoms with Crippen LogP contribution in [0.3, 0.4) is 0 Å². The number of alkyl halides is 2. The topological polar surface area (TPSA) is 147 Å². The maximum Gasteiger partial charge on any atom is 0.326 e. The van der Waals surface area contributed by atoms with Crippen molar-refractivity contribution in [2.45, 2.75) is 62.5 Å². The van der Waals surface area contributed by atoms with Crippen molar-refractivity contribution in [2.75, 3.05) is 62.3 Å². The van der Waals surface area contributed by atoms with Crippen molar-refractivity contribution in [3.8, 4) is 17.7 Å². The van der Waals surface area contributed by atoms with E-state index in [2.05, 4.69) is 38.5 Å². The third-order valence-corrected chi connectivity index (χ3v) is 10.4. The molecule has 2 N–H and O–H groups in total. The summed E-state index contributed by atoms with van der Waals surface area (Å²) in [5, 5.41) is 20.7. The van der Waals surface area contributed by atoms with Crippen molar-refractivity contribution in [1.82, 2.24) is 19.9 Å². The Bertz CT molecular complexity index is 2000. The summed E-state index contributed by atoms with van der Waals surface area (Å²) in [5.41, 5.74) is 1.66. The molecule has 13 nitrogen and oxygen atoms in total. The number of morpholine rings is 1. The monoisotopic (exact) mass is 704 g/mol. The lowest BCUT2D eigenvalue weighted by atomic mass is 9.90. The summed E-state index contributed by atoms with van der Waals surface area (Å²) in [6.45, 7) is 6.19. The lowest BCUT2D eigenvalue weighted by Gasteiger charge is -2.53. The van der Waals surface area contributed by atoms with E-state index in [4.69, 9.17) is 23.6 Å². The number of rotatable bonds is 7. The average Bonchev–Trinajstić information content (AvgIpc) is 3.71. The number of benzene rings is 1. The van der Waals surface area contributed by atoms with E-state index in [0.717, 1.165) is 25.9 Å². The molecule has 0 aliphatic carbocycles. The Balaban J connectivity index is 1.11. The second kappa shape index (κ2) is 13.5. The number of nitrogens with zero attached hydrogens (tertiary/aromatic N) is 6. The van der Waals surface area contributed by atoms with Crippen LogP contribution in [0.4, 0.5) is 20.3 Å². The Labute approximate surface area is 292 Å². The predicted molar refractivity (Wildman–Crippen MR) is 181 cm³/mol. The van der Waals surface area contributed by atoms with E-state index in [1.54, 1.807) is 30.5 Å². The fourth-order valence-corrected chi connectivity index (χ4v) is 7.43. The molecule has 0 radical (unpaired) electrons. The Morgan fingerprint density at radius 2 is 1.96 bits per heavy atom. The summed E-state index contributed by atoms with van der Waals surface area (Å²) in [5.74, 6) is 4.88. The van der Waals surface area contributed by atoms with Crippen LogP contribution < -0.4 is 14.5 Å². The van der Waals surface area contributed by atoms with E-state index in [-0.39, 0.29) is 42.0 Å². The molecule has 4 aliphatic heterocycles. The summed E-state index contributed by atoms with van der Waals surface area (Å²) < 4.78 is 52.4. The number of aliphatic hydroxyl groups is 1. The summed E-state index contributed by atoms with van der Waals surface area (Å²) in [6.07, 6.45) is -0.796. The highest BCUT2D eigenvalue weighted by Gasteiger charge is 2.50. The molecular formula is C36H38F2N6O7. The standard InChI is InChI=1S/C36H38F2N6O7/c1-21-36(19-48-20-36)49-14-13-43(21)26-15-22(5-4-10-42-11-8-23(45)9-12-42)17-39-34(26)50-24-16-27(35(46)47)44(18-24)33-30-29(40-32(41-33)31(37)38)25-6-2-3-7-28(25)51-30/h2-3,6-7,15,17,21,23-24,27,31,45H,8-14,16,18-20H2,1H3,(H,46,47)/t21-,24-,27-/m0/s1. The molecule has 0 unspecified atom stereocenters. The first-order chi connectivity index (χ1) is 24.7. The van der Waals surface area contributed by atoms with Crippen molar-refractivity contribution in [1.29, 1.82) is 0 Å². The van der Waals surface area contributed by atoms with Crippen LogP contribution in [0.1, 0.15) is 44.0 Å². The molecule has 3 aromatic heterocycles. The van der Waals surface area contributed by atoms with Gasteiger partial charge in [0, 0.05) is 43.2 Å².